The van der Waals surface area contributed by atoms with Gasteiger partial charge in [-0.2, -0.15) is 0 Å². The first-order valence-electron chi connectivity index (χ1n) is 8.98. The molecule has 1 aliphatic rings. The van der Waals surface area contributed by atoms with Gasteiger partial charge in [0, 0.05) is 16.5 Å². The van der Waals surface area contributed by atoms with E-state index in [2.05, 4.69) is 0 Å². The zero-order valence-corrected chi connectivity index (χ0v) is 16.1. The maximum absolute atomic E-state index is 12.7. The molecule has 7 heteroatoms. The molecule has 1 aliphatic heterocycles. The average molecular weight is 393 g/mol. The SMILES string of the molecule is CCC1Oc2ccc(-c3csc(-c4ccccc4)n3)cc2N(CC(N)=O)C1=O. The molecule has 0 bridgehead atoms. The first-order chi connectivity index (χ1) is 13.6. The van der Waals surface area contributed by atoms with Crippen LogP contribution < -0.4 is 15.4 Å². The van der Waals surface area contributed by atoms with Gasteiger partial charge in [0.25, 0.3) is 5.91 Å². The Kier molecular flexibility index (Phi) is 4.83. The lowest BCUT2D eigenvalue weighted by atomic mass is 10.1. The van der Waals surface area contributed by atoms with E-state index in [0.29, 0.717) is 17.9 Å². The quantitative estimate of drug-likeness (QED) is 0.719. The number of primary amides is 1. The van der Waals surface area contributed by atoms with Gasteiger partial charge in [-0.25, -0.2) is 4.98 Å². The minimum absolute atomic E-state index is 0.179. The smallest absolute Gasteiger partial charge is 0.268 e. The summed E-state index contributed by atoms with van der Waals surface area (Å²) in [5, 5.41) is 2.89. The maximum Gasteiger partial charge on any atom is 0.268 e. The highest BCUT2D eigenvalue weighted by Gasteiger charge is 2.34. The van der Waals surface area contributed by atoms with Crippen LogP contribution in [0.3, 0.4) is 0 Å². The molecule has 0 fully saturated rings. The fraction of sp³-hybridized carbons (Fsp3) is 0.190. The molecule has 1 aromatic heterocycles. The number of amides is 2. The predicted octanol–water partition coefficient (Wildman–Crippen LogP) is 3.47. The summed E-state index contributed by atoms with van der Waals surface area (Å²) in [7, 11) is 0. The molecule has 2 N–H and O–H groups in total. The van der Waals surface area contributed by atoms with Crippen molar-refractivity contribution >= 4 is 28.8 Å². The number of nitrogens with two attached hydrogens (primary N) is 1. The molecule has 28 heavy (non-hydrogen) atoms. The molecule has 1 atom stereocenters. The van der Waals surface area contributed by atoms with Gasteiger partial charge in [0.2, 0.25) is 5.91 Å². The molecule has 3 aromatic rings. The van der Waals surface area contributed by atoms with Crippen LogP contribution in [0, 0.1) is 0 Å². The summed E-state index contributed by atoms with van der Waals surface area (Å²) in [5.74, 6) is -0.259. The molecule has 0 saturated carbocycles. The van der Waals surface area contributed by atoms with Crippen LogP contribution in [0.1, 0.15) is 13.3 Å². The first-order valence-corrected chi connectivity index (χ1v) is 9.86. The van der Waals surface area contributed by atoms with E-state index in [1.54, 1.807) is 11.3 Å². The van der Waals surface area contributed by atoms with Crippen LogP contribution in [0.25, 0.3) is 21.8 Å². The second kappa shape index (κ2) is 7.44. The van der Waals surface area contributed by atoms with E-state index in [1.165, 1.54) is 4.90 Å². The highest BCUT2D eigenvalue weighted by molar-refractivity contribution is 7.13. The van der Waals surface area contributed by atoms with Gasteiger partial charge in [-0.3, -0.25) is 14.5 Å². The highest BCUT2D eigenvalue weighted by atomic mass is 32.1. The number of carbonyl (C=O) groups excluding carboxylic acids is 2. The number of hydrogen-bond acceptors (Lipinski definition) is 5. The van der Waals surface area contributed by atoms with Gasteiger partial charge in [-0.05, 0) is 24.6 Å². The molecule has 142 valence electrons. The Morgan fingerprint density at radius 1 is 1.21 bits per heavy atom. The van der Waals surface area contributed by atoms with E-state index in [9.17, 15) is 9.59 Å². The molecule has 2 aromatic carbocycles. The van der Waals surface area contributed by atoms with Crippen LogP contribution >= 0.6 is 11.3 Å². The first kappa shape index (κ1) is 18.2. The molecule has 6 nitrogen and oxygen atoms in total. The summed E-state index contributed by atoms with van der Waals surface area (Å²) in [6, 6.07) is 15.5. The topological polar surface area (TPSA) is 85.5 Å². The molecule has 0 aliphatic carbocycles. The van der Waals surface area contributed by atoms with Crippen molar-refractivity contribution in [2.45, 2.75) is 19.4 Å². The van der Waals surface area contributed by atoms with Crippen LogP contribution in [-0.4, -0.2) is 29.4 Å². The Morgan fingerprint density at radius 3 is 2.71 bits per heavy atom. The Labute approximate surface area is 166 Å². The summed E-state index contributed by atoms with van der Waals surface area (Å²) in [5.41, 5.74) is 8.60. The summed E-state index contributed by atoms with van der Waals surface area (Å²) >= 11 is 1.55. The van der Waals surface area contributed by atoms with E-state index in [-0.39, 0.29) is 12.5 Å². The van der Waals surface area contributed by atoms with E-state index >= 15 is 0 Å². The minimum Gasteiger partial charge on any atom is -0.478 e. The summed E-state index contributed by atoms with van der Waals surface area (Å²) in [4.78, 5) is 30.3. The van der Waals surface area contributed by atoms with Gasteiger partial charge < -0.3 is 10.5 Å². The molecular formula is C21H19N3O3S. The molecule has 0 radical (unpaired) electrons. The van der Waals surface area contributed by atoms with Gasteiger partial charge >= 0.3 is 0 Å². The number of carbonyl (C=O) groups is 2. The standard InChI is InChI=1S/C21H19N3O3S/c1-2-17-21(26)24(11-19(22)25)16-10-14(8-9-18(16)27-17)15-12-28-20(23-15)13-6-4-3-5-7-13/h3-10,12,17H,2,11H2,1H3,(H2,22,25). The maximum atomic E-state index is 12.7. The number of rotatable bonds is 5. The Balaban J connectivity index is 1.72. The molecule has 2 amide bonds. The normalized spacial score (nSPS) is 15.8. The van der Waals surface area contributed by atoms with Crippen molar-refractivity contribution in [3.8, 4) is 27.6 Å². The Morgan fingerprint density at radius 2 is 2.00 bits per heavy atom. The van der Waals surface area contributed by atoms with Gasteiger partial charge in [-0.15, -0.1) is 11.3 Å². The number of benzene rings is 2. The fourth-order valence-electron chi connectivity index (χ4n) is 3.18. The zero-order chi connectivity index (χ0) is 19.7. The van der Waals surface area contributed by atoms with Crippen molar-refractivity contribution in [1.82, 2.24) is 4.98 Å². The Bertz CT molecular complexity index is 1030. The molecule has 0 spiro atoms. The van der Waals surface area contributed by atoms with E-state index < -0.39 is 12.0 Å². The van der Waals surface area contributed by atoms with Crippen LogP contribution in [0.2, 0.25) is 0 Å². The van der Waals surface area contributed by atoms with Crippen LogP contribution in [-0.2, 0) is 9.59 Å². The van der Waals surface area contributed by atoms with Crippen molar-refractivity contribution in [3.05, 3.63) is 53.9 Å². The summed E-state index contributed by atoms with van der Waals surface area (Å²) < 4.78 is 5.81. The second-order valence-corrected chi connectivity index (χ2v) is 7.35. The van der Waals surface area contributed by atoms with Crippen molar-refractivity contribution in [2.75, 3.05) is 11.4 Å². The van der Waals surface area contributed by atoms with Gasteiger partial charge in [-0.1, -0.05) is 37.3 Å². The van der Waals surface area contributed by atoms with Gasteiger partial charge in [0.1, 0.15) is 17.3 Å². The lowest BCUT2D eigenvalue weighted by Crippen LogP contribution is -2.48. The second-order valence-electron chi connectivity index (χ2n) is 6.49. The van der Waals surface area contributed by atoms with E-state index in [4.69, 9.17) is 15.5 Å². The number of nitrogens with zero attached hydrogens (tertiary/aromatic N) is 2. The van der Waals surface area contributed by atoms with Crippen molar-refractivity contribution in [1.29, 1.82) is 0 Å². The zero-order valence-electron chi connectivity index (χ0n) is 15.3. The number of hydrogen-bond donors (Lipinski definition) is 1. The molecule has 4 rings (SSSR count). The van der Waals surface area contributed by atoms with Crippen LogP contribution in [0.4, 0.5) is 5.69 Å². The average Bonchev–Trinajstić information content (AvgIpc) is 3.20. The number of ether oxygens (including phenoxy) is 1. The predicted molar refractivity (Wildman–Crippen MR) is 109 cm³/mol. The third-order valence-electron chi connectivity index (χ3n) is 4.57. The largest absolute Gasteiger partial charge is 0.478 e. The summed E-state index contributed by atoms with van der Waals surface area (Å²) in [6.45, 7) is 1.69. The van der Waals surface area contributed by atoms with E-state index in [0.717, 1.165) is 21.8 Å². The number of thiazole rings is 1. The highest BCUT2D eigenvalue weighted by Crippen LogP contribution is 2.38. The van der Waals surface area contributed by atoms with Crippen molar-refractivity contribution in [2.24, 2.45) is 5.73 Å². The van der Waals surface area contributed by atoms with E-state index in [1.807, 2.05) is 60.8 Å². The van der Waals surface area contributed by atoms with Crippen LogP contribution in [0.5, 0.6) is 5.75 Å². The fourth-order valence-corrected chi connectivity index (χ4v) is 4.02. The van der Waals surface area contributed by atoms with Crippen molar-refractivity contribution in [3.63, 3.8) is 0 Å². The van der Waals surface area contributed by atoms with Gasteiger partial charge in [0.15, 0.2) is 6.10 Å². The summed E-state index contributed by atoms with van der Waals surface area (Å²) in [6.07, 6.45) is -0.0939. The minimum atomic E-state index is -0.610. The number of anilines is 1. The Hall–Kier alpha value is -3.19. The molecule has 2 heterocycles. The van der Waals surface area contributed by atoms with Crippen molar-refractivity contribution < 1.29 is 14.3 Å². The van der Waals surface area contributed by atoms with Crippen LogP contribution in [0.15, 0.2) is 53.9 Å². The number of aromatic nitrogens is 1. The lowest BCUT2D eigenvalue weighted by molar-refractivity contribution is -0.128. The molecule has 0 saturated heterocycles. The lowest BCUT2D eigenvalue weighted by Gasteiger charge is -2.33. The third-order valence-corrected chi connectivity index (χ3v) is 5.46. The molecule has 1 unspecified atom stereocenters. The monoisotopic (exact) mass is 393 g/mol. The molecular weight excluding hydrogens is 374 g/mol. The van der Waals surface area contributed by atoms with Gasteiger partial charge in [0.05, 0.1) is 11.4 Å². The third kappa shape index (κ3) is 3.36. The number of fused-ring (bicyclic) bond motifs is 1.